The Labute approximate surface area is 638 Å². The van der Waals surface area contributed by atoms with Crippen LogP contribution in [0.15, 0.2) is 121 Å². The topological polar surface area (TPSA) is 448 Å². The van der Waals surface area contributed by atoms with E-state index in [9.17, 15) is 63.0 Å². The summed E-state index contributed by atoms with van der Waals surface area (Å²) in [6.45, 7) is 17.3. The number of ether oxygens (including phenoxy) is 3. The third kappa shape index (κ3) is 31.7. The first-order valence-corrected chi connectivity index (χ1v) is 37.2. The Morgan fingerprint density at radius 2 is 0.844 bits per heavy atom. The van der Waals surface area contributed by atoms with Crippen LogP contribution < -0.4 is 64.2 Å². The highest BCUT2D eigenvalue weighted by Gasteiger charge is 2.42. The number of esters is 1. The average Bonchev–Trinajstić information content (AvgIpc) is 0.752. The summed E-state index contributed by atoms with van der Waals surface area (Å²) < 4.78 is 15.7. The van der Waals surface area contributed by atoms with Crippen LogP contribution in [0, 0.1) is 11.8 Å². The molecule has 0 aliphatic heterocycles. The van der Waals surface area contributed by atoms with Crippen molar-refractivity contribution in [1.29, 1.82) is 0 Å². The van der Waals surface area contributed by atoms with Gasteiger partial charge in [0.1, 0.15) is 72.1 Å². The summed E-state index contributed by atoms with van der Waals surface area (Å²) in [7, 11) is 1.19. The lowest BCUT2D eigenvalue weighted by molar-refractivity contribution is -0.145. The second-order valence-electron chi connectivity index (χ2n) is 28.9. The van der Waals surface area contributed by atoms with Crippen LogP contribution in [0.25, 0.3) is 0 Å². The fraction of sp³-hybridized carbons (Fsp3) is 0.532. The molecule has 0 heterocycles. The van der Waals surface area contributed by atoms with E-state index in [0.717, 1.165) is 44.6 Å². The number of amides is 12. The van der Waals surface area contributed by atoms with Gasteiger partial charge in [0.25, 0.3) is 0 Å². The zero-order valence-electron chi connectivity index (χ0n) is 64.7. The Bertz CT molecular complexity index is 3500. The van der Waals surface area contributed by atoms with Gasteiger partial charge in [-0.2, -0.15) is 0 Å². The molecule has 0 aliphatic carbocycles. The molecule has 0 aromatic heterocycles. The smallest absolute Gasteiger partial charge is 0.408 e. The lowest BCUT2D eigenvalue weighted by Gasteiger charge is -2.37. The molecule has 11 atom stereocenters. The van der Waals surface area contributed by atoms with Gasteiger partial charge in [-0.3, -0.25) is 47.9 Å². The maximum absolute atomic E-state index is 15.1. The number of methoxy groups -OCH3 is 1. The SMILES string of the molecule is CCCCCCCC[C@@H](NC(=O)[C@@H](CC(C)C)NC(=O)[C@@H](NC(=O)[C@@H](CC(C)C)NC(=O)[C@@H](CC(N)=O)NC(=O)[C@H](CC(=O)NC(c1ccccc1)(c1ccccc1)c1ccccc1)NC(=O)[C@H](C)NC(=O)[C@@H](NC(=O)[C@H](CCCNC(=O)OCc1ccccc1)NC(=O)OC(C)(C)C)[C@@H](C)O)[C@@H](C)O)C(=O)OC. The molecule has 0 spiro atoms. The minimum Gasteiger partial charge on any atom is -0.467 e. The predicted molar refractivity (Wildman–Crippen MR) is 406 cm³/mol. The van der Waals surface area contributed by atoms with Crippen LogP contribution in [0.3, 0.4) is 0 Å². The summed E-state index contributed by atoms with van der Waals surface area (Å²) in [6, 6.07) is 20.8. The van der Waals surface area contributed by atoms with Gasteiger partial charge in [0.2, 0.25) is 59.1 Å². The van der Waals surface area contributed by atoms with Crippen LogP contribution in [0.1, 0.15) is 182 Å². The number of hydrogen-bond donors (Lipinski definition) is 14. The number of unbranched alkanes of at least 4 members (excludes halogenated alkanes) is 5. The number of nitrogens with two attached hydrogens (primary N) is 1. The summed E-state index contributed by atoms with van der Waals surface area (Å²) in [5.41, 5.74) is 5.61. The molecule has 0 aliphatic rings. The number of benzene rings is 4. The standard InChI is InChI=1S/C79H114N12O18/c1-13-14-15-16-17-30-40-58(75(104)107-12)83-69(98)59(43-48(2)3)87-74(103)66(52(8)93)90-72(101)60(44-49(4)5)85-70(99)61(45-63(80)94)86-71(100)62(46-64(95)91-79(54-34-24-19-25-35-54,55-36-26-20-27-37-55)56-38-28-21-29-39-56)84-67(96)50(6)82-73(102)65(51(7)92)89-68(97)57(88-77(106)109-78(9,10)11)41-31-42-81-76(105)108-47-53-32-22-18-23-33-53/h18-29,32-39,48-52,57-62,65-66,92-93H,13-17,30-31,40-47H2,1-12H3,(H2,80,94)(H,81,105)(H,82,102)(H,83,98)(H,84,96)(H,85,99)(H,86,100)(H,87,103)(H,88,106)(H,89,97)(H,90,101)(H,91,95)/t50-,51+,52+,57-,58+,59+,60+,61+,62-,65-,66-/m0/s1. The third-order valence-corrected chi connectivity index (χ3v) is 17.4. The molecule has 0 saturated carbocycles. The highest BCUT2D eigenvalue weighted by molar-refractivity contribution is 6.00. The average molecular weight is 1520 g/mol. The molecule has 4 rings (SSSR count). The number of carbonyl (C=O) groups is 13. The molecule has 0 bridgehead atoms. The van der Waals surface area contributed by atoms with Gasteiger partial charge in [-0.25, -0.2) is 14.4 Å². The van der Waals surface area contributed by atoms with E-state index in [-0.39, 0.29) is 57.1 Å². The van der Waals surface area contributed by atoms with Crippen LogP contribution in [0.2, 0.25) is 0 Å². The normalized spacial score (nSPS) is 14.4. The van der Waals surface area contributed by atoms with E-state index in [4.69, 9.17) is 19.9 Å². The second kappa shape index (κ2) is 46.0. The lowest BCUT2D eigenvalue weighted by atomic mass is 9.77. The largest absolute Gasteiger partial charge is 0.467 e. The number of hydrogen-bond acceptors (Lipinski definition) is 18. The number of aliphatic hydroxyl groups is 2. The van der Waals surface area contributed by atoms with E-state index < -0.39 is 168 Å². The minimum absolute atomic E-state index is 0.0198. The number of rotatable bonds is 45. The van der Waals surface area contributed by atoms with Crippen molar-refractivity contribution in [1.82, 2.24) is 58.5 Å². The predicted octanol–water partition coefficient (Wildman–Crippen LogP) is 4.64. The molecule has 30 nitrogen and oxygen atoms in total. The van der Waals surface area contributed by atoms with Crippen LogP contribution in [-0.2, 0) is 79.1 Å². The molecule has 598 valence electrons. The van der Waals surface area contributed by atoms with Crippen LogP contribution in [0.5, 0.6) is 0 Å². The highest BCUT2D eigenvalue weighted by atomic mass is 16.6. The fourth-order valence-corrected chi connectivity index (χ4v) is 11.8. The van der Waals surface area contributed by atoms with Crippen molar-refractivity contribution < 1.29 is 86.8 Å². The number of carbonyl (C=O) groups excluding carboxylic acids is 13. The maximum Gasteiger partial charge on any atom is 0.408 e. The van der Waals surface area contributed by atoms with Crippen molar-refractivity contribution in [2.75, 3.05) is 13.7 Å². The third-order valence-electron chi connectivity index (χ3n) is 17.4. The molecule has 0 unspecified atom stereocenters. The molecule has 15 N–H and O–H groups in total. The monoisotopic (exact) mass is 1520 g/mol. The Morgan fingerprint density at radius 1 is 0.440 bits per heavy atom. The number of alkyl carbamates (subject to hydrolysis) is 2. The first-order valence-electron chi connectivity index (χ1n) is 37.2. The summed E-state index contributed by atoms with van der Waals surface area (Å²) in [4.78, 5) is 182. The van der Waals surface area contributed by atoms with Crippen LogP contribution >= 0.6 is 0 Å². The molecule has 0 saturated heterocycles. The Kier molecular flexibility index (Phi) is 38.4. The van der Waals surface area contributed by atoms with Gasteiger partial charge in [0.05, 0.1) is 32.2 Å². The fourth-order valence-electron chi connectivity index (χ4n) is 11.8. The summed E-state index contributed by atoms with van der Waals surface area (Å²) in [6.07, 6.45) is -1.37. The number of primary amides is 1. The van der Waals surface area contributed by atoms with Crippen molar-refractivity contribution in [3.8, 4) is 0 Å². The lowest BCUT2D eigenvalue weighted by Crippen LogP contribution is -2.62. The first-order chi connectivity index (χ1) is 51.6. The van der Waals surface area contributed by atoms with E-state index in [0.29, 0.717) is 23.1 Å². The van der Waals surface area contributed by atoms with E-state index >= 15 is 9.59 Å². The zero-order chi connectivity index (χ0) is 81.0. The summed E-state index contributed by atoms with van der Waals surface area (Å²) in [5, 5.41) is 50.2. The van der Waals surface area contributed by atoms with Gasteiger partial charge in [-0.15, -0.1) is 0 Å². The Morgan fingerprint density at radius 3 is 1.31 bits per heavy atom. The minimum atomic E-state index is -2.00. The highest BCUT2D eigenvalue weighted by Crippen LogP contribution is 2.37. The maximum atomic E-state index is 15.1. The quantitative estimate of drug-likeness (QED) is 0.0124. The van der Waals surface area contributed by atoms with Crippen LogP contribution in [0.4, 0.5) is 9.59 Å². The molecule has 109 heavy (non-hydrogen) atoms. The summed E-state index contributed by atoms with van der Waals surface area (Å²) in [5.74, 6) is -11.8. The van der Waals surface area contributed by atoms with Gasteiger partial charge in [0, 0.05) is 6.54 Å². The number of nitrogens with one attached hydrogen (secondary N) is 11. The van der Waals surface area contributed by atoms with Gasteiger partial charge < -0.3 is 88.6 Å². The first kappa shape index (κ1) is 90.9. The Balaban J connectivity index is 1.68. The van der Waals surface area contributed by atoms with Crippen molar-refractivity contribution in [3.05, 3.63) is 144 Å². The molecular weight excluding hydrogens is 1400 g/mol. The van der Waals surface area contributed by atoms with Crippen molar-refractivity contribution >= 4 is 77.2 Å². The van der Waals surface area contributed by atoms with Gasteiger partial charge in [0.15, 0.2) is 0 Å². The van der Waals surface area contributed by atoms with E-state index in [1.165, 1.54) is 21.0 Å². The van der Waals surface area contributed by atoms with Crippen molar-refractivity contribution in [2.45, 2.75) is 244 Å². The van der Waals surface area contributed by atoms with Gasteiger partial charge in [-0.1, -0.05) is 194 Å². The molecule has 30 heteroatoms. The van der Waals surface area contributed by atoms with Crippen molar-refractivity contribution in [2.24, 2.45) is 17.6 Å². The van der Waals surface area contributed by atoms with Gasteiger partial charge in [-0.05, 0) is 108 Å². The molecule has 12 amide bonds. The molecule has 0 radical (unpaired) electrons. The van der Waals surface area contributed by atoms with Crippen molar-refractivity contribution in [3.63, 3.8) is 0 Å². The zero-order valence-corrected chi connectivity index (χ0v) is 64.7. The van der Waals surface area contributed by atoms with Crippen LogP contribution in [-0.4, -0.2) is 173 Å². The van der Waals surface area contributed by atoms with E-state index in [1.807, 2.05) is 0 Å². The summed E-state index contributed by atoms with van der Waals surface area (Å²) >= 11 is 0. The second-order valence-corrected chi connectivity index (χ2v) is 28.9. The number of aliphatic hydroxyl groups excluding tert-OH is 2. The van der Waals surface area contributed by atoms with E-state index in [1.54, 1.807) is 170 Å². The molecule has 4 aromatic rings. The molecular formula is C79H114N12O18. The van der Waals surface area contributed by atoms with Gasteiger partial charge >= 0.3 is 18.2 Å². The molecule has 0 fully saturated rings. The Hall–Kier alpha value is -10.5. The molecule has 4 aromatic carbocycles. The van der Waals surface area contributed by atoms with E-state index in [2.05, 4.69) is 65.4 Å².